The van der Waals surface area contributed by atoms with Crippen molar-refractivity contribution in [3.8, 4) is 5.75 Å². The summed E-state index contributed by atoms with van der Waals surface area (Å²) in [6, 6.07) is 13.0. The number of nitrogens with zero attached hydrogens (tertiary/aromatic N) is 4. The molecule has 0 bridgehead atoms. The maximum absolute atomic E-state index is 14.1. The van der Waals surface area contributed by atoms with E-state index in [1.165, 1.54) is 12.0 Å². The Hall–Kier alpha value is -4.53. The molecule has 3 N–H and O–H groups in total. The van der Waals surface area contributed by atoms with Gasteiger partial charge in [-0.2, -0.15) is 0 Å². The first-order chi connectivity index (χ1) is 26.2. The molecular formula is C41H54N6O8. The summed E-state index contributed by atoms with van der Waals surface area (Å²) < 4.78 is 18.0. The molecule has 5 fully saturated rings. The number of hydrogen-bond donors (Lipinski definition) is 2. The van der Waals surface area contributed by atoms with Gasteiger partial charge in [-0.25, -0.2) is 4.79 Å². The molecule has 7 rings (SSSR count). The molecule has 55 heavy (non-hydrogen) atoms. The van der Waals surface area contributed by atoms with Crippen molar-refractivity contribution in [2.45, 2.75) is 77.2 Å². The average molecular weight is 759 g/mol. The second-order valence-corrected chi connectivity index (χ2v) is 17.0. The van der Waals surface area contributed by atoms with E-state index in [0.717, 1.165) is 24.8 Å². The number of nitrogens with two attached hydrogens (primary N) is 1. The fourth-order valence-corrected chi connectivity index (χ4v) is 8.88. The lowest BCUT2D eigenvalue weighted by molar-refractivity contribution is -0.150. The lowest BCUT2D eigenvalue weighted by Gasteiger charge is -2.45. The number of hydrogen-bond acceptors (Lipinski definition) is 9. The molecule has 4 saturated heterocycles. The van der Waals surface area contributed by atoms with Crippen LogP contribution in [-0.4, -0.2) is 122 Å². The third-order valence-corrected chi connectivity index (χ3v) is 12.1. The highest BCUT2D eigenvalue weighted by molar-refractivity contribution is 6.07. The minimum atomic E-state index is -0.762. The summed E-state index contributed by atoms with van der Waals surface area (Å²) >= 11 is 0. The van der Waals surface area contributed by atoms with Crippen molar-refractivity contribution in [1.82, 2.24) is 20.0 Å². The zero-order valence-electron chi connectivity index (χ0n) is 32.3. The largest absolute Gasteiger partial charge is 0.495 e. The summed E-state index contributed by atoms with van der Waals surface area (Å²) in [7, 11) is 1.50. The minimum absolute atomic E-state index is 0.0212. The SMILES string of the molecule is COc1ccc(C(=O)N2CCC3(CC(CO[C@H]4C[C@@H](C(=O)N5CCO[C@H](c6ccccc6)C5)N(C(=O)[C@@H](N)C(C)(C)C)C4)C3)C2)cc1N1CCC(=O)NC1=O. The van der Waals surface area contributed by atoms with Crippen LogP contribution in [0.4, 0.5) is 10.5 Å². The Kier molecular flexibility index (Phi) is 10.9. The standard InChI is InChI=1S/C41H54N6O8/c1-40(2,3)35(42)38(51)47-22-29(19-31(47)37(50)44-16-17-54-33(23-44)27-8-6-5-7-9-27)55-24-26-20-41(21-26)13-15-45(25-41)36(49)28-10-11-32(53-4)30(18-28)46-14-12-34(48)43-39(46)52/h5-11,18,26,29,31,33,35H,12-17,19-25,42H2,1-4H3,(H,43,48,52)/t26?,29-,31-,33-,35+,41?/m0/s1. The van der Waals surface area contributed by atoms with Crippen molar-refractivity contribution in [1.29, 1.82) is 0 Å². The number of likely N-dealkylation sites (tertiary alicyclic amines) is 2. The van der Waals surface area contributed by atoms with E-state index in [0.29, 0.717) is 75.3 Å². The highest BCUT2D eigenvalue weighted by Crippen LogP contribution is 2.52. The topological polar surface area (TPSA) is 164 Å². The van der Waals surface area contributed by atoms with E-state index in [1.807, 2.05) is 60.9 Å². The maximum atomic E-state index is 14.1. The van der Waals surface area contributed by atoms with E-state index in [2.05, 4.69) is 5.32 Å². The zero-order valence-corrected chi connectivity index (χ0v) is 32.3. The number of nitrogens with one attached hydrogen (secondary N) is 1. The van der Waals surface area contributed by atoms with Crippen molar-refractivity contribution in [3.63, 3.8) is 0 Å². The lowest BCUT2D eigenvalue weighted by atomic mass is 9.62. The fourth-order valence-electron chi connectivity index (χ4n) is 8.88. The molecular weight excluding hydrogens is 704 g/mol. The van der Waals surface area contributed by atoms with Crippen LogP contribution in [0.25, 0.3) is 0 Å². The number of rotatable bonds is 9. The van der Waals surface area contributed by atoms with Crippen LogP contribution in [0.15, 0.2) is 48.5 Å². The fraction of sp³-hybridized carbons (Fsp3) is 0.585. The predicted molar refractivity (Wildman–Crippen MR) is 203 cm³/mol. The van der Waals surface area contributed by atoms with Gasteiger partial charge in [0, 0.05) is 57.7 Å². The van der Waals surface area contributed by atoms with Gasteiger partial charge in [-0.05, 0) is 59.8 Å². The van der Waals surface area contributed by atoms with E-state index < -0.39 is 23.5 Å². The van der Waals surface area contributed by atoms with Crippen LogP contribution in [0.3, 0.4) is 0 Å². The van der Waals surface area contributed by atoms with Gasteiger partial charge in [-0.1, -0.05) is 51.1 Å². The van der Waals surface area contributed by atoms with Gasteiger partial charge >= 0.3 is 6.03 Å². The molecule has 0 unspecified atom stereocenters. The molecule has 0 radical (unpaired) electrons. The number of ether oxygens (including phenoxy) is 3. The van der Waals surface area contributed by atoms with Crippen LogP contribution >= 0.6 is 0 Å². The summed E-state index contributed by atoms with van der Waals surface area (Å²) in [6.45, 7) is 9.39. The van der Waals surface area contributed by atoms with Crippen molar-refractivity contribution in [3.05, 3.63) is 59.7 Å². The first-order valence-electron chi connectivity index (χ1n) is 19.5. The molecule has 0 aromatic heterocycles. The number of urea groups is 1. The van der Waals surface area contributed by atoms with Crippen molar-refractivity contribution in [2.24, 2.45) is 22.5 Å². The van der Waals surface area contributed by atoms with Gasteiger partial charge in [-0.3, -0.25) is 29.4 Å². The second kappa shape index (κ2) is 15.5. The van der Waals surface area contributed by atoms with Crippen LogP contribution < -0.4 is 20.7 Å². The Bertz CT molecular complexity index is 1790. The number of carbonyl (C=O) groups is 5. The zero-order chi connectivity index (χ0) is 39.1. The first kappa shape index (κ1) is 38.7. The Labute approximate surface area is 322 Å². The molecule has 14 nitrogen and oxygen atoms in total. The summed E-state index contributed by atoms with van der Waals surface area (Å²) in [5.74, 6) is -0.0155. The Morgan fingerprint density at radius 2 is 1.78 bits per heavy atom. The van der Waals surface area contributed by atoms with E-state index >= 15 is 0 Å². The number of amides is 6. The van der Waals surface area contributed by atoms with Crippen LogP contribution in [0.2, 0.25) is 0 Å². The van der Waals surface area contributed by atoms with Gasteiger partial charge in [0.05, 0.1) is 38.1 Å². The van der Waals surface area contributed by atoms with Crippen molar-refractivity contribution < 1.29 is 38.2 Å². The Balaban J connectivity index is 0.951. The van der Waals surface area contributed by atoms with E-state index in [1.54, 1.807) is 23.1 Å². The van der Waals surface area contributed by atoms with Crippen LogP contribution in [-0.2, 0) is 23.9 Å². The summed E-state index contributed by atoms with van der Waals surface area (Å²) in [4.78, 5) is 72.8. The number of morpholine rings is 1. The average Bonchev–Trinajstić information content (AvgIpc) is 3.81. The van der Waals surface area contributed by atoms with Gasteiger partial charge in [0.15, 0.2) is 0 Å². The third-order valence-electron chi connectivity index (χ3n) is 12.1. The van der Waals surface area contributed by atoms with E-state index in [4.69, 9.17) is 19.9 Å². The number of carbonyl (C=O) groups excluding carboxylic acids is 5. The second-order valence-electron chi connectivity index (χ2n) is 17.0. The summed E-state index contributed by atoms with van der Waals surface area (Å²) in [5.41, 5.74) is 7.94. The van der Waals surface area contributed by atoms with Gasteiger partial charge in [0.1, 0.15) is 17.9 Å². The van der Waals surface area contributed by atoms with E-state index in [9.17, 15) is 24.0 Å². The number of anilines is 1. The predicted octanol–water partition coefficient (Wildman–Crippen LogP) is 3.34. The lowest BCUT2D eigenvalue weighted by Crippen LogP contribution is -2.56. The highest BCUT2D eigenvalue weighted by atomic mass is 16.5. The molecule has 1 aliphatic carbocycles. The third kappa shape index (κ3) is 8.08. The summed E-state index contributed by atoms with van der Waals surface area (Å²) in [6.07, 6.45) is 2.79. The van der Waals surface area contributed by atoms with Crippen LogP contribution in [0.5, 0.6) is 5.75 Å². The highest BCUT2D eigenvalue weighted by Gasteiger charge is 2.51. The number of methoxy groups -OCH3 is 1. The van der Waals surface area contributed by atoms with E-state index in [-0.39, 0.29) is 54.2 Å². The van der Waals surface area contributed by atoms with Crippen molar-refractivity contribution in [2.75, 3.05) is 64.5 Å². The number of benzene rings is 2. The van der Waals surface area contributed by atoms with Crippen molar-refractivity contribution >= 4 is 35.3 Å². The maximum Gasteiger partial charge on any atom is 0.328 e. The molecule has 296 valence electrons. The molecule has 4 aliphatic heterocycles. The van der Waals surface area contributed by atoms with Crippen LogP contribution in [0.1, 0.15) is 74.9 Å². The Morgan fingerprint density at radius 3 is 2.49 bits per heavy atom. The minimum Gasteiger partial charge on any atom is -0.495 e. The summed E-state index contributed by atoms with van der Waals surface area (Å²) in [5, 5.41) is 2.33. The molecule has 14 heteroatoms. The normalized spacial score (nSPS) is 27.6. The monoisotopic (exact) mass is 758 g/mol. The molecule has 6 amide bonds. The quantitative estimate of drug-likeness (QED) is 0.391. The number of imide groups is 1. The molecule has 4 atom stereocenters. The smallest absolute Gasteiger partial charge is 0.328 e. The van der Waals surface area contributed by atoms with Gasteiger partial charge < -0.3 is 34.6 Å². The molecule has 2 aromatic rings. The molecule has 4 heterocycles. The van der Waals surface area contributed by atoms with Gasteiger partial charge in [0.25, 0.3) is 5.91 Å². The first-order valence-corrected chi connectivity index (χ1v) is 19.5. The molecule has 5 aliphatic rings. The van der Waals surface area contributed by atoms with Gasteiger partial charge in [-0.15, -0.1) is 0 Å². The molecule has 1 saturated carbocycles. The molecule has 2 aromatic carbocycles. The van der Waals surface area contributed by atoms with Gasteiger partial charge in [0.2, 0.25) is 17.7 Å². The van der Waals surface area contributed by atoms with Crippen LogP contribution in [0, 0.1) is 16.7 Å². The Morgan fingerprint density at radius 1 is 1.02 bits per heavy atom. The molecule has 1 spiro atoms.